The second-order valence-corrected chi connectivity index (χ2v) is 14.5. The molecule has 14 heteroatoms. The van der Waals surface area contributed by atoms with Gasteiger partial charge in [0.2, 0.25) is 5.79 Å². The molecule has 3 aromatic carbocycles. The maximum atomic E-state index is 14.9. The van der Waals surface area contributed by atoms with Gasteiger partial charge in [-0.3, -0.25) is 0 Å². The van der Waals surface area contributed by atoms with Crippen molar-refractivity contribution in [1.82, 2.24) is 29.1 Å². The first-order chi connectivity index (χ1) is 25.0. The lowest BCUT2D eigenvalue weighted by Gasteiger charge is -2.37. The van der Waals surface area contributed by atoms with Crippen molar-refractivity contribution in [3.63, 3.8) is 0 Å². The van der Waals surface area contributed by atoms with E-state index < -0.39 is 23.5 Å². The van der Waals surface area contributed by atoms with Crippen LogP contribution in [0.3, 0.4) is 0 Å². The number of aromatic nitrogens is 6. The summed E-state index contributed by atoms with van der Waals surface area (Å²) in [5, 5.41) is 8.48. The Morgan fingerprint density at radius 2 is 1.56 bits per heavy atom. The van der Waals surface area contributed by atoms with Crippen LogP contribution in [0.2, 0.25) is 0 Å². The highest BCUT2D eigenvalue weighted by Gasteiger charge is 2.46. The molecule has 7 rings (SSSR count). The van der Waals surface area contributed by atoms with E-state index in [1.165, 1.54) is 29.5 Å². The van der Waals surface area contributed by atoms with E-state index in [0.29, 0.717) is 18.2 Å². The summed E-state index contributed by atoms with van der Waals surface area (Å²) >= 11 is 0. The van der Waals surface area contributed by atoms with Crippen LogP contribution in [0.25, 0.3) is 5.69 Å². The minimum atomic E-state index is -1.51. The molecule has 4 heterocycles. The van der Waals surface area contributed by atoms with Gasteiger partial charge < -0.3 is 24.0 Å². The van der Waals surface area contributed by atoms with Gasteiger partial charge in [0.1, 0.15) is 55.6 Å². The minimum Gasteiger partial charge on any atom is -0.491 e. The van der Waals surface area contributed by atoms with E-state index in [-0.39, 0.29) is 36.4 Å². The van der Waals surface area contributed by atoms with Crippen molar-refractivity contribution in [2.75, 3.05) is 49.2 Å². The first kappa shape index (κ1) is 35.3. The van der Waals surface area contributed by atoms with Crippen molar-refractivity contribution in [2.45, 2.75) is 52.7 Å². The van der Waals surface area contributed by atoms with E-state index in [0.717, 1.165) is 49.3 Å². The number of halogens is 2. The standard InChI is InChI=1S/C38H44F2N8O4/c1-27(37(2,3)4)20-48-36(49)47(26-43-48)31-8-6-29(7-9-31)44-15-17-45(18-16-44)30-10-12-32(13-11-30)50-21-33-22-51-38(52-33,23-46-25-41-24-42-46)34-14-5-28(39)19-35(34)40/h5-14,19,24-27,33H,15-18,20-23H2,1-4H3. The number of ether oxygens (including phenoxy) is 3. The number of hydrogen-bond acceptors (Lipinski definition) is 9. The molecule has 2 aliphatic heterocycles. The average Bonchev–Trinajstić information content (AvgIpc) is 3.89. The third kappa shape index (κ3) is 7.58. The molecule has 3 atom stereocenters. The first-order valence-corrected chi connectivity index (χ1v) is 17.5. The van der Waals surface area contributed by atoms with Crippen molar-refractivity contribution in [3.8, 4) is 11.4 Å². The van der Waals surface area contributed by atoms with Crippen LogP contribution in [0.4, 0.5) is 20.2 Å². The molecule has 52 heavy (non-hydrogen) atoms. The van der Waals surface area contributed by atoms with Gasteiger partial charge in [-0.15, -0.1) is 0 Å². The van der Waals surface area contributed by atoms with E-state index >= 15 is 0 Å². The van der Waals surface area contributed by atoms with Gasteiger partial charge in [-0.05, 0) is 72.0 Å². The lowest BCUT2D eigenvalue weighted by atomic mass is 9.82. The van der Waals surface area contributed by atoms with Gasteiger partial charge in [0.25, 0.3) is 0 Å². The number of rotatable bonds is 11. The molecule has 0 bridgehead atoms. The Morgan fingerprint density at radius 3 is 2.17 bits per heavy atom. The SMILES string of the molecule is CC(Cn1ncn(-c2ccc(N3CCN(c4ccc(OCC5COC(Cn6cncn6)(c6ccc(F)cc6F)O5)cc4)CC3)cc2)c1=O)C(C)(C)C. The highest BCUT2D eigenvalue weighted by atomic mass is 19.1. The topological polar surface area (TPSA) is 105 Å². The third-order valence-electron chi connectivity index (χ3n) is 10.1. The Balaban J connectivity index is 0.914. The largest absolute Gasteiger partial charge is 0.491 e. The van der Waals surface area contributed by atoms with E-state index in [1.807, 2.05) is 36.4 Å². The average molecular weight is 715 g/mol. The molecular weight excluding hydrogens is 670 g/mol. The molecule has 274 valence electrons. The number of nitrogens with zero attached hydrogens (tertiary/aromatic N) is 8. The van der Waals surface area contributed by atoms with E-state index in [2.05, 4.69) is 64.8 Å². The molecule has 3 unspecified atom stereocenters. The van der Waals surface area contributed by atoms with E-state index in [9.17, 15) is 13.6 Å². The van der Waals surface area contributed by atoms with Crippen molar-refractivity contribution in [3.05, 3.63) is 113 Å². The molecule has 0 radical (unpaired) electrons. The van der Waals surface area contributed by atoms with Gasteiger partial charge in [0.15, 0.2) is 0 Å². The molecule has 5 aromatic rings. The van der Waals surface area contributed by atoms with Crippen LogP contribution in [-0.4, -0.2) is 74.6 Å². The molecule has 12 nitrogen and oxygen atoms in total. The Labute approximate surface area is 301 Å². The van der Waals surface area contributed by atoms with Gasteiger partial charge in [0.05, 0.1) is 12.3 Å². The number of hydrogen-bond donors (Lipinski definition) is 0. The zero-order chi connectivity index (χ0) is 36.5. The molecule has 2 saturated heterocycles. The molecule has 0 spiro atoms. The van der Waals surface area contributed by atoms with Crippen LogP contribution < -0.4 is 20.2 Å². The fourth-order valence-electron chi connectivity index (χ4n) is 6.44. The summed E-state index contributed by atoms with van der Waals surface area (Å²) < 4.78 is 51.6. The molecule has 2 aromatic heterocycles. The lowest BCUT2D eigenvalue weighted by molar-refractivity contribution is -0.192. The number of benzene rings is 3. The smallest absolute Gasteiger partial charge is 0.350 e. The second-order valence-electron chi connectivity index (χ2n) is 14.5. The maximum absolute atomic E-state index is 14.9. The Bertz CT molecular complexity index is 2000. The molecule has 0 N–H and O–H groups in total. The second kappa shape index (κ2) is 14.5. The van der Waals surface area contributed by atoms with E-state index in [1.54, 1.807) is 15.6 Å². The predicted octanol–water partition coefficient (Wildman–Crippen LogP) is 5.26. The number of anilines is 2. The van der Waals surface area contributed by atoms with Crippen LogP contribution in [0.5, 0.6) is 5.75 Å². The summed E-state index contributed by atoms with van der Waals surface area (Å²) in [5.74, 6) is -2.00. The lowest BCUT2D eigenvalue weighted by Crippen LogP contribution is -2.46. The summed E-state index contributed by atoms with van der Waals surface area (Å²) in [6, 6.07) is 19.3. The fourth-order valence-corrected chi connectivity index (χ4v) is 6.44. The molecule has 0 saturated carbocycles. The number of piperazine rings is 1. The van der Waals surface area contributed by atoms with Crippen LogP contribution in [-0.2, 0) is 28.4 Å². The third-order valence-corrected chi connectivity index (χ3v) is 10.1. The first-order valence-electron chi connectivity index (χ1n) is 17.5. The van der Waals surface area contributed by atoms with Gasteiger partial charge in [0, 0.05) is 55.7 Å². The summed E-state index contributed by atoms with van der Waals surface area (Å²) in [6.07, 6.45) is 3.95. The minimum absolute atomic E-state index is 0.0323. The highest BCUT2D eigenvalue weighted by Crippen LogP contribution is 2.38. The predicted molar refractivity (Wildman–Crippen MR) is 192 cm³/mol. The van der Waals surface area contributed by atoms with Gasteiger partial charge in [-0.1, -0.05) is 27.7 Å². The van der Waals surface area contributed by atoms with Crippen LogP contribution in [0.15, 0.2) is 90.5 Å². The maximum Gasteiger partial charge on any atom is 0.350 e. The Kier molecular flexibility index (Phi) is 9.86. The van der Waals surface area contributed by atoms with Crippen molar-refractivity contribution in [2.24, 2.45) is 11.3 Å². The summed E-state index contributed by atoms with van der Waals surface area (Å²) in [6.45, 7) is 13.0. The monoisotopic (exact) mass is 714 g/mol. The van der Waals surface area contributed by atoms with Crippen molar-refractivity contribution >= 4 is 11.4 Å². The van der Waals surface area contributed by atoms with E-state index in [4.69, 9.17) is 14.2 Å². The molecule has 0 amide bonds. The summed E-state index contributed by atoms with van der Waals surface area (Å²) in [7, 11) is 0. The summed E-state index contributed by atoms with van der Waals surface area (Å²) in [5.41, 5.74) is 3.04. The Morgan fingerprint density at radius 1 is 0.904 bits per heavy atom. The van der Waals surface area contributed by atoms with Crippen molar-refractivity contribution < 1.29 is 23.0 Å². The normalized spacial score (nSPS) is 20.0. The van der Waals surface area contributed by atoms with Gasteiger partial charge >= 0.3 is 5.69 Å². The molecule has 2 aliphatic rings. The van der Waals surface area contributed by atoms with Crippen LogP contribution >= 0.6 is 0 Å². The van der Waals surface area contributed by atoms with Crippen LogP contribution in [0.1, 0.15) is 33.3 Å². The molecule has 2 fully saturated rings. The quantitative estimate of drug-likeness (QED) is 0.181. The van der Waals surface area contributed by atoms with Gasteiger partial charge in [-0.2, -0.15) is 10.2 Å². The highest BCUT2D eigenvalue weighted by molar-refractivity contribution is 5.54. The zero-order valence-corrected chi connectivity index (χ0v) is 29.9. The molecular formula is C38H44F2N8O4. The summed E-state index contributed by atoms with van der Waals surface area (Å²) in [4.78, 5) is 21.7. The fraction of sp³-hybridized carbons (Fsp3) is 0.421. The Hall–Kier alpha value is -5.08. The van der Waals surface area contributed by atoms with Gasteiger partial charge in [-0.25, -0.2) is 32.5 Å². The molecule has 0 aliphatic carbocycles. The van der Waals surface area contributed by atoms with Crippen LogP contribution in [0, 0.1) is 23.0 Å². The van der Waals surface area contributed by atoms with Crippen molar-refractivity contribution in [1.29, 1.82) is 0 Å². The zero-order valence-electron chi connectivity index (χ0n) is 29.9.